The number of alkyl halides is 3. The molecule has 4 aromatic rings. The molecule has 2 aromatic carbocycles. The number of carbonyl (C=O) groups excluding carboxylic acids is 1. The molecule has 2 aromatic heterocycles. The lowest BCUT2D eigenvalue weighted by Gasteiger charge is -2.15. The van der Waals surface area contributed by atoms with Crippen LogP contribution in [-0.4, -0.2) is 34.3 Å². The number of rotatable bonds is 8. The number of fused-ring (bicyclic) bond motifs is 1. The van der Waals surface area contributed by atoms with Crippen molar-refractivity contribution in [1.29, 1.82) is 0 Å². The van der Waals surface area contributed by atoms with Crippen molar-refractivity contribution >= 4 is 16.8 Å². The summed E-state index contributed by atoms with van der Waals surface area (Å²) >= 11 is 0. The third-order valence-electron chi connectivity index (χ3n) is 5.71. The Bertz CT molecular complexity index is 1350. The number of benzene rings is 2. The molecule has 0 N–H and O–H groups in total. The Balaban J connectivity index is 1.59. The highest BCUT2D eigenvalue weighted by atomic mass is 19.4. The SMILES string of the molecule is COc1ccccc1C(C)CC(=O)COc1cc(C(F)(F)F)c2c(-c3ccccc3)nn(C)c2n1. The summed E-state index contributed by atoms with van der Waals surface area (Å²) in [6.07, 6.45) is -4.53. The maximum atomic E-state index is 14.0. The first-order chi connectivity index (χ1) is 16.7. The third kappa shape index (κ3) is 5.13. The van der Waals surface area contributed by atoms with Gasteiger partial charge in [-0.15, -0.1) is 0 Å². The molecule has 0 aliphatic heterocycles. The van der Waals surface area contributed by atoms with Crippen LogP contribution in [0.15, 0.2) is 60.7 Å². The number of ketones is 1. The number of hydrogen-bond acceptors (Lipinski definition) is 5. The van der Waals surface area contributed by atoms with Crippen molar-refractivity contribution in [2.75, 3.05) is 13.7 Å². The summed E-state index contributed by atoms with van der Waals surface area (Å²) in [5.41, 5.74) is 0.684. The van der Waals surface area contributed by atoms with Crippen molar-refractivity contribution in [3.8, 4) is 22.9 Å². The minimum atomic E-state index is -4.67. The minimum absolute atomic E-state index is 0.0171. The first-order valence-corrected chi connectivity index (χ1v) is 11.0. The van der Waals surface area contributed by atoms with E-state index in [2.05, 4.69) is 10.1 Å². The number of para-hydroxylation sites is 1. The first kappa shape index (κ1) is 24.3. The number of methoxy groups -OCH3 is 1. The van der Waals surface area contributed by atoms with E-state index in [-0.39, 0.29) is 40.7 Å². The molecule has 9 heteroatoms. The van der Waals surface area contributed by atoms with Crippen LogP contribution in [0.5, 0.6) is 11.6 Å². The summed E-state index contributed by atoms with van der Waals surface area (Å²) in [4.78, 5) is 16.8. The van der Waals surface area contributed by atoms with E-state index in [1.54, 1.807) is 37.4 Å². The van der Waals surface area contributed by atoms with E-state index in [1.807, 2.05) is 31.2 Å². The van der Waals surface area contributed by atoms with Gasteiger partial charge in [0.2, 0.25) is 5.88 Å². The van der Waals surface area contributed by atoms with Gasteiger partial charge in [-0.25, -0.2) is 4.68 Å². The van der Waals surface area contributed by atoms with Crippen molar-refractivity contribution in [1.82, 2.24) is 14.8 Å². The fourth-order valence-corrected chi connectivity index (χ4v) is 4.06. The zero-order valence-electron chi connectivity index (χ0n) is 19.5. The molecule has 0 aliphatic carbocycles. The Morgan fingerprint density at radius 1 is 1.09 bits per heavy atom. The Morgan fingerprint density at radius 2 is 1.77 bits per heavy atom. The molecule has 6 nitrogen and oxygen atoms in total. The Kier molecular flexibility index (Phi) is 6.77. The van der Waals surface area contributed by atoms with E-state index in [1.165, 1.54) is 11.7 Å². The van der Waals surface area contributed by atoms with E-state index in [9.17, 15) is 18.0 Å². The van der Waals surface area contributed by atoms with E-state index in [0.717, 1.165) is 11.6 Å². The van der Waals surface area contributed by atoms with Gasteiger partial charge in [-0.05, 0) is 17.5 Å². The summed E-state index contributed by atoms with van der Waals surface area (Å²) in [7, 11) is 3.07. The lowest BCUT2D eigenvalue weighted by atomic mass is 9.95. The zero-order valence-corrected chi connectivity index (χ0v) is 19.5. The minimum Gasteiger partial charge on any atom is -0.496 e. The number of aryl methyl sites for hydroxylation is 1. The average Bonchev–Trinajstić information content (AvgIpc) is 3.18. The summed E-state index contributed by atoms with van der Waals surface area (Å²) in [5.74, 6) is -0.0467. The van der Waals surface area contributed by atoms with Crippen LogP contribution < -0.4 is 9.47 Å². The van der Waals surface area contributed by atoms with E-state index in [0.29, 0.717) is 11.3 Å². The van der Waals surface area contributed by atoms with Gasteiger partial charge in [-0.3, -0.25) is 4.79 Å². The van der Waals surface area contributed by atoms with Crippen LogP contribution in [0.2, 0.25) is 0 Å². The molecule has 1 unspecified atom stereocenters. The smallest absolute Gasteiger partial charge is 0.417 e. The van der Waals surface area contributed by atoms with Crippen molar-refractivity contribution < 1.29 is 27.4 Å². The highest BCUT2D eigenvalue weighted by Crippen LogP contribution is 2.40. The second kappa shape index (κ2) is 9.77. The van der Waals surface area contributed by atoms with Crippen molar-refractivity contribution in [3.63, 3.8) is 0 Å². The van der Waals surface area contributed by atoms with Crippen LogP contribution in [0.25, 0.3) is 22.3 Å². The van der Waals surface area contributed by atoms with Crippen molar-refractivity contribution in [3.05, 3.63) is 71.8 Å². The van der Waals surface area contributed by atoms with Crippen LogP contribution >= 0.6 is 0 Å². The molecule has 0 amide bonds. The summed E-state index contributed by atoms with van der Waals surface area (Å²) in [5, 5.41) is 4.16. The van der Waals surface area contributed by atoms with Gasteiger partial charge in [0.25, 0.3) is 0 Å². The third-order valence-corrected chi connectivity index (χ3v) is 5.71. The molecule has 0 spiro atoms. The predicted molar refractivity (Wildman–Crippen MR) is 125 cm³/mol. The van der Waals surface area contributed by atoms with Crippen molar-refractivity contribution in [2.24, 2.45) is 7.05 Å². The molecule has 0 bridgehead atoms. The second-order valence-electron chi connectivity index (χ2n) is 8.22. The van der Waals surface area contributed by atoms with Gasteiger partial charge < -0.3 is 9.47 Å². The monoisotopic (exact) mass is 483 g/mol. The molecule has 4 rings (SSSR count). The lowest BCUT2D eigenvalue weighted by molar-refractivity contribution is -0.136. The Hall–Kier alpha value is -3.88. The molecular formula is C26H24F3N3O3. The standard InChI is InChI=1S/C26H24F3N3O3/c1-16(19-11-7-8-12-21(19)34-3)13-18(33)15-35-22-14-20(26(27,28)29)23-24(17-9-5-4-6-10-17)31-32(2)25(23)30-22/h4-12,14,16H,13,15H2,1-3H3. The van der Waals surface area contributed by atoms with Gasteiger partial charge in [0.15, 0.2) is 11.4 Å². The van der Waals surface area contributed by atoms with E-state index < -0.39 is 18.3 Å². The molecule has 0 fully saturated rings. The number of ether oxygens (including phenoxy) is 2. The number of halogens is 3. The quantitative estimate of drug-likeness (QED) is 0.317. The van der Waals surface area contributed by atoms with Gasteiger partial charge in [0.1, 0.15) is 18.1 Å². The summed E-state index contributed by atoms with van der Waals surface area (Å²) in [6.45, 7) is 1.47. The predicted octanol–water partition coefficient (Wildman–Crippen LogP) is 5.80. The van der Waals surface area contributed by atoms with Crippen molar-refractivity contribution in [2.45, 2.75) is 25.4 Å². The van der Waals surface area contributed by atoms with Gasteiger partial charge >= 0.3 is 6.18 Å². The molecule has 1 atom stereocenters. The molecular weight excluding hydrogens is 459 g/mol. The second-order valence-corrected chi connectivity index (χ2v) is 8.22. The van der Waals surface area contributed by atoms with Crippen LogP contribution in [-0.2, 0) is 18.0 Å². The van der Waals surface area contributed by atoms with Gasteiger partial charge in [-0.1, -0.05) is 55.5 Å². The number of carbonyl (C=O) groups is 1. The molecule has 2 heterocycles. The van der Waals surface area contributed by atoms with Gasteiger partial charge in [0.05, 0.1) is 18.1 Å². The normalized spacial score (nSPS) is 12.5. The largest absolute Gasteiger partial charge is 0.496 e. The zero-order chi connectivity index (χ0) is 25.2. The number of pyridine rings is 1. The van der Waals surface area contributed by atoms with Crippen LogP contribution in [0.1, 0.15) is 30.4 Å². The first-order valence-electron chi connectivity index (χ1n) is 11.0. The molecule has 0 aliphatic rings. The molecule has 35 heavy (non-hydrogen) atoms. The average molecular weight is 483 g/mol. The summed E-state index contributed by atoms with van der Waals surface area (Å²) < 4.78 is 54.2. The Morgan fingerprint density at radius 3 is 2.46 bits per heavy atom. The van der Waals surface area contributed by atoms with Crippen LogP contribution in [0.3, 0.4) is 0 Å². The fraction of sp³-hybridized carbons (Fsp3) is 0.269. The van der Waals surface area contributed by atoms with Gasteiger partial charge in [-0.2, -0.15) is 23.3 Å². The Labute approximate surface area is 200 Å². The number of aromatic nitrogens is 3. The maximum Gasteiger partial charge on any atom is 0.417 e. The maximum absolute atomic E-state index is 14.0. The topological polar surface area (TPSA) is 66.2 Å². The summed E-state index contributed by atoms with van der Waals surface area (Å²) in [6, 6.07) is 16.8. The number of nitrogens with zero attached hydrogens (tertiary/aromatic N) is 3. The highest BCUT2D eigenvalue weighted by Gasteiger charge is 2.36. The molecule has 0 saturated heterocycles. The van der Waals surface area contributed by atoms with E-state index >= 15 is 0 Å². The fourth-order valence-electron chi connectivity index (χ4n) is 4.06. The lowest BCUT2D eigenvalue weighted by Crippen LogP contribution is -2.15. The molecule has 182 valence electrons. The van der Waals surface area contributed by atoms with Gasteiger partial charge in [0, 0.05) is 25.1 Å². The highest BCUT2D eigenvalue weighted by molar-refractivity contribution is 5.94. The number of hydrogen-bond donors (Lipinski definition) is 0. The van der Waals surface area contributed by atoms with Crippen LogP contribution in [0, 0.1) is 0 Å². The van der Waals surface area contributed by atoms with Crippen LogP contribution in [0.4, 0.5) is 13.2 Å². The molecule has 0 saturated carbocycles. The van der Waals surface area contributed by atoms with E-state index in [4.69, 9.17) is 9.47 Å². The molecule has 0 radical (unpaired) electrons. The number of Topliss-reactive ketones (excluding diaryl/α,β-unsaturated/α-hetero) is 1.